The molecular weight excluding hydrogens is 396 g/mol. The van der Waals surface area contributed by atoms with Crippen molar-refractivity contribution in [2.75, 3.05) is 32.1 Å². The lowest BCUT2D eigenvalue weighted by atomic mass is 10.3. The van der Waals surface area contributed by atoms with Gasteiger partial charge >= 0.3 is 0 Å². The quantitative estimate of drug-likeness (QED) is 0.514. The second kappa shape index (κ2) is 7.91. The fourth-order valence-electron chi connectivity index (χ4n) is 1.49. The van der Waals surface area contributed by atoms with E-state index in [0.717, 1.165) is 6.07 Å². The number of halogens is 4. The highest BCUT2D eigenvalue weighted by atomic mass is 79.9. The minimum atomic E-state index is -3.91. The molecule has 0 saturated heterocycles. The molecule has 0 aliphatic heterocycles. The molecule has 0 heterocycles. The largest absolute Gasteiger partial charge is 0.383 e. The average molecular weight is 409 g/mol. The predicted molar refractivity (Wildman–Crippen MR) is 80.8 cm³/mol. The Labute approximate surface area is 136 Å². The Balaban J connectivity index is 3.22. The van der Waals surface area contributed by atoms with Gasteiger partial charge in [-0.05, 0) is 12.1 Å². The summed E-state index contributed by atoms with van der Waals surface area (Å²) in [5.41, 5.74) is 0. The lowest BCUT2D eigenvalue weighted by Gasteiger charge is -2.21. The second-order valence-corrected chi connectivity index (χ2v) is 7.24. The third kappa shape index (κ3) is 4.05. The van der Waals surface area contributed by atoms with Gasteiger partial charge in [0, 0.05) is 25.5 Å². The maximum absolute atomic E-state index is 13.6. The van der Waals surface area contributed by atoms with Crippen LogP contribution in [-0.2, 0) is 14.8 Å². The summed E-state index contributed by atoms with van der Waals surface area (Å²) >= 11 is 14.5. The van der Waals surface area contributed by atoms with Gasteiger partial charge in [0.25, 0.3) is 0 Å². The third-order valence-corrected chi connectivity index (χ3v) is 5.57. The molecule has 0 aromatic heterocycles. The zero-order chi connectivity index (χ0) is 15.3. The van der Waals surface area contributed by atoms with Gasteiger partial charge in [0.2, 0.25) is 10.0 Å². The molecule has 20 heavy (non-hydrogen) atoms. The van der Waals surface area contributed by atoms with Gasteiger partial charge in [0.05, 0.1) is 16.7 Å². The Hall–Kier alpha value is 0.0800. The van der Waals surface area contributed by atoms with E-state index in [1.807, 2.05) is 0 Å². The zero-order valence-corrected chi connectivity index (χ0v) is 14.5. The Morgan fingerprint density at radius 3 is 2.55 bits per heavy atom. The van der Waals surface area contributed by atoms with E-state index >= 15 is 0 Å². The third-order valence-electron chi connectivity index (χ3n) is 2.50. The van der Waals surface area contributed by atoms with Gasteiger partial charge in [-0.1, -0.05) is 39.1 Å². The monoisotopic (exact) mass is 407 g/mol. The molecule has 0 N–H and O–H groups in total. The highest BCUT2D eigenvalue weighted by Gasteiger charge is 2.28. The summed E-state index contributed by atoms with van der Waals surface area (Å²) in [7, 11) is -2.45. The van der Waals surface area contributed by atoms with Crippen molar-refractivity contribution in [2.45, 2.75) is 4.90 Å². The van der Waals surface area contributed by atoms with Crippen LogP contribution in [0, 0.1) is 5.82 Å². The van der Waals surface area contributed by atoms with Gasteiger partial charge in [-0.25, -0.2) is 12.8 Å². The number of hydrogen-bond acceptors (Lipinski definition) is 3. The Kier molecular flexibility index (Phi) is 7.17. The molecular formula is C11H13BrCl2FNO3S. The smallest absolute Gasteiger partial charge is 0.244 e. The van der Waals surface area contributed by atoms with E-state index < -0.39 is 20.9 Å². The molecule has 114 valence electrons. The number of rotatable bonds is 7. The lowest BCUT2D eigenvalue weighted by Crippen LogP contribution is -2.35. The summed E-state index contributed by atoms with van der Waals surface area (Å²) in [5.74, 6) is -0.944. The predicted octanol–water partition coefficient (Wildman–Crippen LogP) is 3.16. The number of benzene rings is 1. The summed E-state index contributed by atoms with van der Waals surface area (Å²) < 4.78 is 44.6. The van der Waals surface area contributed by atoms with E-state index in [2.05, 4.69) is 15.9 Å². The molecule has 1 aromatic carbocycles. The molecule has 0 unspecified atom stereocenters. The van der Waals surface area contributed by atoms with Gasteiger partial charge in [0.15, 0.2) is 5.82 Å². The van der Waals surface area contributed by atoms with Crippen LogP contribution in [0.4, 0.5) is 4.39 Å². The maximum atomic E-state index is 13.6. The molecule has 4 nitrogen and oxygen atoms in total. The highest BCUT2D eigenvalue weighted by molar-refractivity contribution is 9.09. The van der Waals surface area contributed by atoms with Gasteiger partial charge < -0.3 is 4.74 Å². The number of sulfonamides is 1. The van der Waals surface area contributed by atoms with Crippen molar-refractivity contribution in [3.8, 4) is 0 Å². The first kappa shape index (κ1) is 18.1. The van der Waals surface area contributed by atoms with Crippen molar-refractivity contribution in [3.63, 3.8) is 0 Å². The van der Waals surface area contributed by atoms with Crippen LogP contribution >= 0.6 is 39.1 Å². The molecule has 0 spiro atoms. The van der Waals surface area contributed by atoms with E-state index in [1.165, 1.54) is 17.5 Å². The number of alkyl halides is 1. The Morgan fingerprint density at radius 1 is 1.35 bits per heavy atom. The van der Waals surface area contributed by atoms with Crippen LogP contribution in [0.1, 0.15) is 0 Å². The van der Waals surface area contributed by atoms with Crippen LogP contribution in [0.3, 0.4) is 0 Å². The van der Waals surface area contributed by atoms with Crippen molar-refractivity contribution in [2.24, 2.45) is 0 Å². The molecule has 0 radical (unpaired) electrons. The first-order valence-corrected chi connectivity index (χ1v) is 8.86. The van der Waals surface area contributed by atoms with Gasteiger partial charge in [-0.2, -0.15) is 4.31 Å². The van der Waals surface area contributed by atoms with Crippen LogP contribution in [0.25, 0.3) is 0 Å². The zero-order valence-electron chi connectivity index (χ0n) is 10.6. The molecule has 0 bridgehead atoms. The minimum absolute atomic E-state index is 0.144. The van der Waals surface area contributed by atoms with Crippen LogP contribution in [-0.4, -0.2) is 44.9 Å². The SMILES string of the molecule is COCCN(CCBr)S(=O)(=O)c1ccc(Cl)c(F)c1Cl. The molecule has 0 aliphatic rings. The molecule has 0 saturated carbocycles. The lowest BCUT2D eigenvalue weighted by molar-refractivity contribution is 0.180. The first-order valence-electron chi connectivity index (χ1n) is 5.54. The van der Waals surface area contributed by atoms with E-state index in [4.69, 9.17) is 27.9 Å². The van der Waals surface area contributed by atoms with Gasteiger partial charge in [-0.3, -0.25) is 0 Å². The first-order chi connectivity index (χ1) is 9.36. The van der Waals surface area contributed by atoms with Crippen molar-refractivity contribution >= 4 is 49.2 Å². The van der Waals surface area contributed by atoms with E-state index in [-0.39, 0.29) is 29.6 Å². The number of nitrogens with zero attached hydrogens (tertiary/aromatic N) is 1. The summed E-state index contributed by atoms with van der Waals surface area (Å²) in [5, 5.41) is -0.295. The fraction of sp³-hybridized carbons (Fsp3) is 0.455. The fourth-order valence-corrected chi connectivity index (χ4v) is 4.29. The second-order valence-electron chi connectivity index (χ2n) is 3.76. The maximum Gasteiger partial charge on any atom is 0.244 e. The molecule has 9 heteroatoms. The van der Waals surface area contributed by atoms with Gasteiger partial charge in [0.1, 0.15) is 4.90 Å². The van der Waals surface area contributed by atoms with E-state index in [1.54, 1.807) is 0 Å². The highest BCUT2D eigenvalue weighted by Crippen LogP contribution is 2.31. The molecule has 0 atom stereocenters. The molecule has 1 aromatic rings. The molecule has 0 aliphatic carbocycles. The van der Waals surface area contributed by atoms with Crippen LogP contribution in [0.5, 0.6) is 0 Å². The summed E-state index contributed by atoms with van der Waals surface area (Å²) in [6, 6.07) is 2.36. The van der Waals surface area contributed by atoms with Crippen molar-refractivity contribution in [3.05, 3.63) is 28.0 Å². The van der Waals surface area contributed by atoms with Gasteiger partial charge in [-0.15, -0.1) is 0 Å². The van der Waals surface area contributed by atoms with E-state index in [0.29, 0.717) is 5.33 Å². The van der Waals surface area contributed by atoms with Crippen LogP contribution in [0.15, 0.2) is 17.0 Å². The van der Waals surface area contributed by atoms with Crippen LogP contribution < -0.4 is 0 Å². The minimum Gasteiger partial charge on any atom is -0.383 e. The Bertz CT molecular complexity index is 571. The average Bonchev–Trinajstić information content (AvgIpc) is 2.40. The number of hydrogen-bond donors (Lipinski definition) is 0. The molecule has 0 fully saturated rings. The molecule has 0 amide bonds. The molecule has 1 rings (SSSR count). The van der Waals surface area contributed by atoms with Crippen molar-refractivity contribution < 1.29 is 17.5 Å². The Morgan fingerprint density at radius 2 is 2.00 bits per heavy atom. The van der Waals surface area contributed by atoms with Crippen molar-refractivity contribution in [1.82, 2.24) is 4.31 Å². The van der Waals surface area contributed by atoms with E-state index in [9.17, 15) is 12.8 Å². The number of ether oxygens (including phenoxy) is 1. The summed E-state index contributed by atoms with van der Waals surface area (Å²) in [6.45, 7) is 0.581. The van der Waals surface area contributed by atoms with Crippen LogP contribution in [0.2, 0.25) is 10.0 Å². The summed E-state index contributed by atoms with van der Waals surface area (Å²) in [6.07, 6.45) is 0. The normalized spacial score (nSPS) is 12.1. The summed E-state index contributed by atoms with van der Waals surface area (Å²) in [4.78, 5) is -0.307. The van der Waals surface area contributed by atoms with Crippen molar-refractivity contribution in [1.29, 1.82) is 0 Å². The number of methoxy groups -OCH3 is 1. The standard InChI is InChI=1S/C11H13BrCl2FNO3S/c1-19-7-6-16(5-4-12)20(17,18)9-3-2-8(13)11(15)10(9)14/h2-3H,4-7H2,1H3. The topological polar surface area (TPSA) is 46.6 Å².